The molecule has 0 N–H and O–H groups in total. The van der Waals surface area contributed by atoms with E-state index in [1.807, 2.05) is 55.3 Å². The number of aromatic nitrogens is 4. The highest BCUT2D eigenvalue weighted by Gasteiger charge is 2.22. The van der Waals surface area contributed by atoms with E-state index in [0.29, 0.717) is 19.5 Å². The van der Waals surface area contributed by atoms with Crippen molar-refractivity contribution in [2.75, 3.05) is 38.2 Å². The van der Waals surface area contributed by atoms with E-state index in [9.17, 15) is 4.79 Å². The Balaban J connectivity index is 1.37. The van der Waals surface area contributed by atoms with Gasteiger partial charge in [0.05, 0.1) is 19.2 Å². The average molecular weight is 406 g/mol. The van der Waals surface area contributed by atoms with Crippen LogP contribution in [-0.2, 0) is 11.2 Å². The minimum absolute atomic E-state index is 0.148. The summed E-state index contributed by atoms with van der Waals surface area (Å²) >= 11 is 0. The van der Waals surface area contributed by atoms with Crippen molar-refractivity contribution in [2.24, 2.45) is 0 Å². The Morgan fingerprint density at radius 3 is 2.47 bits per heavy atom. The lowest BCUT2D eigenvalue weighted by molar-refractivity contribution is -0.130. The lowest BCUT2D eigenvalue weighted by Gasteiger charge is -2.35. The van der Waals surface area contributed by atoms with Gasteiger partial charge in [0.1, 0.15) is 17.9 Å². The fraction of sp³-hybridized carbons (Fsp3) is 0.364. The Bertz CT molecular complexity index is 1040. The highest BCUT2D eigenvalue weighted by atomic mass is 16.5. The third-order valence-electron chi connectivity index (χ3n) is 5.37. The van der Waals surface area contributed by atoms with E-state index in [-0.39, 0.29) is 5.91 Å². The molecule has 1 aliphatic rings. The van der Waals surface area contributed by atoms with E-state index < -0.39 is 0 Å². The number of rotatable bonds is 5. The molecule has 3 heterocycles. The Morgan fingerprint density at radius 1 is 1.03 bits per heavy atom. The number of aryl methyl sites for hydroxylation is 2. The highest BCUT2D eigenvalue weighted by molar-refractivity contribution is 5.79. The summed E-state index contributed by atoms with van der Waals surface area (Å²) in [5.74, 6) is 2.58. The molecule has 0 aliphatic carbocycles. The lowest BCUT2D eigenvalue weighted by Crippen LogP contribution is -2.49. The molecule has 156 valence electrons. The number of benzene rings is 1. The number of hydrogen-bond donors (Lipinski definition) is 0. The average Bonchev–Trinajstić information content (AvgIpc) is 3.20. The molecule has 8 heteroatoms. The molecule has 1 amide bonds. The highest BCUT2D eigenvalue weighted by Crippen LogP contribution is 2.20. The summed E-state index contributed by atoms with van der Waals surface area (Å²) in [5, 5.41) is 4.41. The van der Waals surface area contributed by atoms with Crippen LogP contribution in [0.1, 0.15) is 16.8 Å². The standard InChI is InChI=1S/C22H26N6O2/c1-16-12-18(4-5-19(16)30-3)13-22(29)27-10-8-26(9-11-27)20-14-21(24-15-23-20)28-7-6-17(2)25-28/h4-7,12,14-15H,8-11,13H2,1-3H3. The van der Waals surface area contributed by atoms with E-state index in [4.69, 9.17) is 4.74 Å². The van der Waals surface area contributed by atoms with Crippen molar-refractivity contribution < 1.29 is 9.53 Å². The van der Waals surface area contributed by atoms with Crippen LogP contribution in [0.5, 0.6) is 5.75 Å². The second-order valence-corrected chi connectivity index (χ2v) is 7.48. The first-order valence-electron chi connectivity index (χ1n) is 10.0. The quantitative estimate of drug-likeness (QED) is 0.646. The Labute approximate surface area is 176 Å². The zero-order valence-corrected chi connectivity index (χ0v) is 17.6. The Morgan fingerprint density at radius 2 is 1.80 bits per heavy atom. The Hall–Kier alpha value is -3.42. The van der Waals surface area contributed by atoms with Crippen LogP contribution in [-0.4, -0.2) is 63.8 Å². The first-order valence-corrected chi connectivity index (χ1v) is 10.0. The predicted molar refractivity (Wildman–Crippen MR) is 114 cm³/mol. The molecule has 1 aromatic carbocycles. The monoisotopic (exact) mass is 406 g/mol. The Kier molecular flexibility index (Phi) is 5.65. The first-order chi connectivity index (χ1) is 14.5. The summed E-state index contributed by atoms with van der Waals surface area (Å²) < 4.78 is 7.04. The van der Waals surface area contributed by atoms with Gasteiger partial charge in [-0.05, 0) is 37.1 Å². The van der Waals surface area contributed by atoms with Crippen molar-refractivity contribution in [1.29, 1.82) is 0 Å². The van der Waals surface area contributed by atoms with Gasteiger partial charge in [0.15, 0.2) is 5.82 Å². The van der Waals surface area contributed by atoms with E-state index in [2.05, 4.69) is 20.0 Å². The van der Waals surface area contributed by atoms with Gasteiger partial charge in [0.25, 0.3) is 0 Å². The molecule has 1 aliphatic heterocycles. The maximum absolute atomic E-state index is 12.8. The second kappa shape index (κ2) is 8.52. The number of methoxy groups -OCH3 is 1. The fourth-order valence-corrected chi connectivity index (χ4v) is 3.70. The van der Waals surface area contributed by atoms with Gasteiger partial charge in [-0.2, -0.15) is 5.10 Å². The molecule has 30 heavy (non-hydrogen) atoms. The molecule has 0 unspecified atom stereocenters. The molecule has 0 spiro atoms. The van der Waals surface area contributed by atoms with Gasteiger partial charge in [-0.3, -0.25) is 4.79 Å². The third-order valence-corrected chi connectivity index (χ3v) is 5.37. The molecule has 0 saturated carbocycles. The normalized spacial score (nSPS) is 14.1. The van der Waals surface area contributed by atoms with Gasteiger partial charge < -0.3 is 14.5 Å². The van der Waals surface area contributed by atoms with Crippen molar-refractivity contribution >= 4 is 11.7 Å². The molecule has 1 saturated heterocycles. The SMILES string of the molecule is COc1ccc(CC(=O)N2CCN(c3cc(-n4ccc(C)n4)ncn3)CC2)cc1C. The number of anilines is 1. The summed E-state index contributed by atoms with van der Waals surface area (Å²) in [5.41, 5.74) is 2.99. The molecule has 0 radical (unpaired) electrons. The maximum atomic E-state index is 12.8. The van der Waals surface area contributed by atoms with E-state index in [1.165, 1.54) is 0 Å². The summed E-state index contributed by atoms with van der Waals surface area (Å²) in [6.07, 6.45) is 3.85. The van der Waals surface area contributed by atoms with Crippen LogP contribution in [0.3, 0.4) is 0 Å². The van der Waals surface area contributed by atoms with Crippen molar-refractivity contribution in [3.05, 3.63) is 59.7 Å². The molecule has 1 fully saturated rings. The third kappa shape index (κ3) is 4.27. The lowest BCUT2D eigenvalue weighted by atomic mass is 10.1. The molecule has 2 aromatic heterocycles. The number of piperazine rings is 1. The number of ether oxygens (including phenoxy) is 1. The largest absolute Gasteiger partial charge is 0.496 e. The number of carbonyl (C=O) groups is 1. The predicted octanol–water partition coefficient (Wildman–Crippen LogP) is 2.18. The van der Waals surface area contributed by atoms with E-state index in [0.717, 1.165) is 47.3 Å². The topological polar surface area (TPSA) is 76.4 Å². The molecule has 4 rings (SSSR count). The van der Waals surface area contributed by atoms with Crippen LogP contribution < -0.4 is 9.64 Å². The summed E-state index contributed by atoms with van der Waals surface area (Å²) in [7, 11) is 1.66. The molecule has 0 atom stereocenters. The zero-order chi connectivity index (χ0) is 21.1. The minimum Gasteiger partial charge on any atom is -0.496 e. The maximum Gasteiger partial charge on any atom is 0.227 e. The van der Waals surface area contributed by atoms with Gasteiger partial charge in [-0.25, -0.2) is 14.6 Å². The molecular formula is C22H26N6O2. The molecule has 3 aromatic rings. The number of amides is 1. The number of carbonyl (C=O) groups excluding carboxylic acids is 1. The van der Waals surface area contributed by atoms with Gasteiger partial charge in [-0.15, -0.1) is 0 Å². The fourth-order valence-electron chi connectivity index (χ4n) is 3.70. The van der Waals surface area contributed by atoms with Crippen LogP contribution in [0.15, 0.2) is 42.9 Å². The van der Waals surface area contributed by atoms with E-state index in [1.54, 1.807) is 18.1 Å². The minimum atomic E-state index is 0.148. The van der Waals surface area contributed by atoms with E-state index >= 15 is 0 Å². The van der Waals surface area contributed by atoms with Crippen LogP contribution in [0.4, 0.5) is 5.82 Å². The van der Waals surface area contributed by atoms with Gasteiger partial charge >= 0.3 is 0 Å². The summed E-state index contributed by atoms with van der Waals surface area (Å²) in [6, 6.07) is 9.77. The molecular weight excluding hydrogens is 380 g/mol. The first kappa shape index (κ1) is 19.9. The van der Waals surface area contributed by atoms with Gasteiger partial charge in [0.2, 0.25) is 5.91 Å². The number of hydrogen-bond acceptors (Lipinski definition) is 6. The zero-order valence-electron chi connectivity index (χ0n) is 17.6. The van der Waals surface area contributed by atoms with Crippen molar-refractivity contribution in [3.63, 3.8) is 0 Å². The van der Waals surface area contributed by atoms with Crippen molar-refractivity contribution in [2.45, 2.75) is 20.3 Å². The van der Waals surface area contributed by atoms with Crippen molar-refractivity contribution in [3.8, 4) is 11.6 Å². The van der Waals surface area contributed by atoms with Crippen LogP contribution in [0, 0.1) is 13.8 Å². The molecule has 0 bridgehead atoms. The smallest absolute Gasteiger partial charge is 0.227 e. The molecule has 8 nitrogen and oxygen atoms in total. The van der Waals surface area contributed by atoms with Crippen LogP contribution in [0.2, 0.25) is 0 Å². The van der Waals surface area contributed by atoms with Crippen LogP contribution in [0.25, 0.3) is 5.82 Å². The van der Waals surface area contributed by atoms with Gasteiger partial charge in [-0.1, -0.05) is 12.1 Å². The van der Waals surface area contributed by atoms with Gasteiger partial charge in [0, 0.05) is 38.4 Å². The second-order valence-electron chi connectivity index (χ2n) is 7.48. The number of nitrogens with zero attached hydrogens (tertiary/aromatic N) is 6. The summed E-state index contributed by atoms with van der Waals surface area (Å²) in [4.78, 5) is 25.6. The van der Waals surface area contributed by atoms with Crippen molar-refractivity contribution in [1.82, 2.24) is 24.6 Å². The van der Waals surface area contributed by atoms with Crippen LogP contribution >= 0.6 is 0 Å². The summed E-state index contributed by atoms with van der Waals surface area (Å²) in [6.45, 7) is 6.76.